The van der Waals surface area contributed by atoms with Crippen LogP contribution in [0.1, 0.15) is 75.2 Å². The van der Waals surface area contributed by atoms with E-state index in [4.69, 9.17) is 0 Å². The van der Waals surface area contributed by atoms with Gasteiger partial charge in [0.15, 0.2) is 0 Å². The highest BCUT2D eigenvalue weighted by molar-refractivity contribution is 7.18. The number of aromatic nitrogens is 1. The molecule has 1 N–H and O–H groups in total. The number of carbonyl (C=O) groups is 1. The number of unbranched alkanes of at least 4 members (excludes halogenated alkanes) is 1. The van der Waals surface area contributed by atoms with Crippen molar-refractivity contribution in [2.75, 3.05) is 9.68 Å². The molecular formula is C25H33F4N4OP. The Balaban J connectivity index is 1.96. The number of benzene rings is 1. The van der Waals surface area contributed by atoms with Gasteiger partial charge in [0.2, 0.25) is 0 Å². The molecule has 2 heterocycles. The van der Waals surface area contributed by atoms with E-state index in [0.717, 1.165) is 38.2 Å². The number of hydrogen-bond acceptors (Lipinski definition) is 5. The number of carbonyl (C=O) groups excluding carboxylic acids is 1. The standard InChI is InChI=1S/C25H33F4N4OP/c1-5-6-7-16(3)32-23-10-15(2)21(26)12-20(23)18(14-34)11-24(32)22-9-8-19(13-30-22)33(35)31-17(4)25(27,28)29/h8-10,12-14,16-18,24,31H,5-7,11,35H2,1-4H3/t16?,17-,18?,24?/m0/s1. The van der Waals surface area contributed by atoms with E-state index < -0.39 is 18.1 Å². The molecule has 4 unspecified atom stereocenters. The Morgan fingerprint density at radius 3 is 2.60 bits per heavy atom. The number of rotatable bonds is 9. The molecule has 0 saturated carbocycles. The highest BCUT2D eigenvalue weighted by Crippen LogP contribution is 2.46. The number of hydrazine groups is 1. The number of nitrogens with one attached hydrogen (secondary N) is 1. The van der Waals surface area contributed by atoms with Crippen molar-refractivity contribution in [3.63, 3.8) is 0 Å². The van der Waals surface area contributed by atoms with Gasteiger partial charge in [-0.25, -0.2) is 9.82 Å². The first-order valence-electron chi connectivity index (χ1n) is 11.8. The molecule has 1 aromatic heterocycles. The Bertz CT molecular complexity index is 1020. The predicted molar refractivity (Wildman–Crippen MR) is 134 cm³/mol. The van der Waals surface area contributed by atoms with E-state index in [0.29, 0.717) is 28.9 Å². The van der Waals surface area contributed by atoms with E-state index in [9.17, 15) is 22.4 Å². The number of aldehydes is 1. The molecule has 1 aliphatic rings. The summed E-state index contributed by atoms with van der Waals surface area (Å²) < 4.78 is 54.4. The third-order valence-corrected chi connectivity index (χ3v) is 7.07. The predicted octanol–water partition coefficient (Wildman–Crippen LogP) is 6.39. The summed E-state index contributed by atoms with van der Waals surface area (Å²) in [4.78, 5) is 18.8. The average Bonchev–Trinajstić information content (AvgIpc) is 2.81. The van der Waals surface area contributed by atoms with Crippen molar-refractivity contribution in [1.29, 1.82) is 0 Å². The van der Waals surface area contributed by atoms with Gasteiger partial charge in [0.25, 0.3) is 0 Å². The Kier molecular flexibility index (Phi) is 8.76. The van der Waals surface area contributed by atoms with Gasteiger partial charge in [-0.1, -0.05) is 19.8 Å². The zero-order valence-electron chi connectivity index (χ0n) is 20.4. The van der Waals surface area contributed by atoms with Crippen LogP contribution >= 0.6 is 9.39 Å². The normalized spacial score (nSPS) is 19.7. The van der Waals surface area contributed by atoms with Crippen LogP contribution in [-0.2, 0) is 4.79 Å². The molecule has 10 heteroatoms. The molecule has 0 radical (unpaired) electrons. The number of anilines is 2. The molecule has 5 atom stereocenters. The first-order chi connectivity index (χ1) is 16.5. The highest BCUT2D eigenvalue weighted by atomic mass is 31.0. The minimum Gasteiger partial charge on any atom is -0.360 e. The number of hydrogen-bond donors (Lipinski definition) is 1. The summed E-state index contributed by atoms with van der Waals surface area (Å²) in [6.45, 7) is 6.99. The van der Waals surface area contributed by atoms with E-state index in [1.165, 1.54) is 17.0 Å². The topological polar surface area (TPSA) is 48.5 Å². The number of pyridine rings is 1. The quantitative estimate of drug-likeness (QED) is 0.183. The zero-order chi connectivity index (χ0) is 25.9. The fourth-order valence-electron chi connectivity index (χ4n) is 4.52. The number of nitrogens with zero attached hydrogens (tertiary/aromatic N) is 3. The van der Waals surface area contributed by atoms with Crippen LogP contribution in [0.3, 0.4) is 0 Å². The molecule has 192 valence electrons. The Morgan fingerprint density at radius 1 is 1.31 bits per heavy atom. The Hall–Kier alpha value is -2.25. The molecule has 3 rings (SSSR count). The lowest BCUT2D eigenvalue weighted by atomic mass is 9.83. The minimum atomic E-state index is -4.38. The third-order valence-electron chi connectivity index (χ3n) is 6.63. The van der Waals surface area contributed by atoms with Crippen LogP contribution in [0.15, 0.2) is 30.5 Å². The maximum atomic E-state index is 14.4. The summed E-state index contributed by atoms with van der Waals surface area (Å²) >= 11 is 0. The van der Waals surface area contributed by atoms with Crippen LogP contribution in [0.25, 0.3) is 0 Å². The summed E-state index contributed by atoms with van der Waals surface area (Å²) in [6, 6.07) is 4.89. The van der Waals surface area contributed by atoms with Crippen molar-refractivity contribution >= 4 is 27.1 Å². The molecule has 1 aliphatic heterocycles. The fraction of sp³-hybridized carbons (Fsp3) is 0.520. The number of aryl methyl sites for hydroxylation is 1. The summed E-state index contributed by atoms with van der Waals surface area (Å²) in [5.41, 5.74) is 5.54. The van der Waals surface area contributed by atoms with Crippen molar-refractivity contribution in [2.45, 2.75) is 83.6 Å². The van der Waals surface area contributed by atoms with Crippen LogP contribution in [0.2, 0.25) is 0 Å². The van der Waals surface area contributed by atoms with E-state index in [2.05, 4.69) is 38.5 Å². The first-order valence-corrected chi connectivity index (χ1v) is 12.4. The fourth-order valence-corrected chi connectivity index (χ4v) is 4.90. The monoisotopic (exact) mass is 512 g/mol. The number of halogens is 4. The van der Waals surface area contributed by atoms with Gasteiger partial charge in [0.05, 0.1) is 23.6 Å². The van der Waals surface area contributed by atoms with Crippen LogP contribution in [0, 0.1) is 12.7 Å². The molecule has 35 heavy (non-hydrogen) atoms. The second kappa shape index (κ2) is 11.2. The van der Waals surface area contributed by atoms with Gasteiger partial charge in [-0.05, 0) is 78.4 Å². The zero-order valence-corrected chi connectivity index (χ0v) is 21.6. The summed E-state index contributed by atoms with van der Waals surface area (Å²) in [7, 11) is 2.22. The van der Waals surface area contributed by atoms with Gasteiger partial charge in [0, 0.05) is 17.6 Å². The van der Waals surface area contributed by atoms with Gasteiger partial charge < -0.3 is 9.69 Å². The van der Waals surface area contributed by atoms with Crippen molar-refractivity contribution in [3.8, 4) is 0 Å². The maximum absolute atomic E-state index is 14.4. The van der Waals surface area contributed by atoms with Crippen molar-refractivity contribution in [2.24, 2.45) is 0 Å². The molecule has 0 spiro atoms. The van der Waals surface area contributed by atoms with E-state index in [-0.39, 0.29) is 17.9 Å². The van der Waals surface area contributed by atoms with Gasteiger partial charge in [-0.3, -0.25) is 9.76 Å². The maximum Gasteiger partial charge on any atom is 0.405 e. The average molecular weight is 513 g/mol. The minimum absolute atomic E-state index is 0.116. The number of alkyl halides is 3. The van der Waals surface area contributed by atoms with Gasteiger partial charge in [-0.2, -0.15) is 13.2 Å². The number of fused-ring (bicyclic) bond motifs is 1. The van der Waals surface area contributed by atoms with E-state index in [1.54, 1.807) is 25.1 Å². The van der Waals surface area contributed by atoms with E-state index in [1.807, 2.05) is 0 Å². The molecular weight excluding hydrogens is 479 g/mol. The lowest BCUT2D eigenvalue weighted by Crippen LogP contribution is -2.46. The van der Waals surface area contributed by atoms with Crippen LogP contribution in [0.5, 0.6) is 0 Å². The Labute approximate surface area is 206 Å². The second-order valence-electron chi connectivity index (χ2n) is 9.26. The first kappa shape index (κ1) is 27.3. The van der Waals surface area contributed by atoms with Crippen LogP contribution in [-0.4, -0.2) is 29.5 Å². The molecule has 0 fully saturated rings. The second-order valence-corrected chi connectivity index (χ2v) is 9.77. The van der Waals surface area contributed by atoms with Gasteiger partial charge >= 0.3 is 6.18 Å². The molecule has 2 aromatic rings. The van der Waals surface area contributed by atoms with Crippen LogP contribution in [0.4, 0.5) is 28.9 Å². The SMILES string of the molecule is CCCCC(C)N1c2cc(C)c(F)cc2C(C=O)CC1c1ccc(N(P)N[C@@H](C)C(F)(F)F)cn1. The summed E-state index contributed by atoms with van der Waals surface area (Å²) in [5, 5.41) is 0. The third kappa shape index (κ3) is 6.12. The van der Waals surface area contributed by atoms with Crippen LogP contribution < -0.4 is 15.1 Å². The largest absolute Gasteiger partial charge is 0.405 e. The van der Waals surface area contributed by atoms with Crippen molar-refractivity contribution < 1.29 is 22.4 Å². The highest BCUT2D eigenvalue weighted by Gasteiger charge is 2.38. The molecule has 0 amide bonds. The molecule has 0 saturated heterocycles. The van der Waals surface area contributed by atoms with E-state index >= 15 is 0 Å². The van der Waals surface area contributed by atoms with Crippen molar-refractivity contribution in [3.05, 3.63) is 53.1 Å². The lowest BCUT2D eigenvalue weighted by molar-refractivity contribution is -0.151. The molecule has 0 bridgehead atoms. The summed E-state index contributed by atoms with van der Waals surface area (Å²) in [6.07, 6.45) is 1.41. The molecule has 5 nitrogen and oxygen atoms in total. The van der Waals surface area contributed by atoms with Gasteiger partial charge in [-0.15, -0.1) is 0 Å². The smallest absolute Gasteiger partial charge is 0.360 e. The molecule has 0 aliphatic carbocycles. The summed E-state index contributed by atoms with van der Waals surface area (Å²) in [5.74, 6) is -0.812. The van der Waals surface area contributed by atoms with Crippen molar-refractivity contribution in [1.82, 2.24) is 10.4 Å². The Morgan fingerprint density at radius 2 is 2.03 bits per heavy atom. The molecule has 1 aromatic carbocycles. The van der Waals surface area contributed by atoms with Gasteiger partial charge in [0.1, 0.15) is 18.1 Å². The lowest BCUT2D eigenvalue weighted by Gasteiger charge is -2.44.